The zero-order valence-corrected chi connectivity index (χ0v) is 27.1. The van der Waals surface area contributed by atoms with Crippen LogP contribution in [0.2, 0.25) is 0 Å². The van der Waals surface area contributed by atoms with Crippen molar-refractivity contribution >= 4 is 57.5 Å². The lowest BCUT2D eigenvalue weighted by Crippen LogP contribution is -2.36. The van der Waals surface area contributed by atoms with E-state index >= 15 is 0 Å². The molecule has 0 radical (unpaired) electrons. The van der Waals surface area contributed by atoms with Crippen molar-refractivity contribution in [2.45, 2.75) is 13.1 Å². The molecule has 1 aliphatic rings. The Hall–Kier alpha value is -5.45. The number of benzene rings is 4. The molecule has 0 atom stereocenters. The van der Waals surface area contributed by atoms with Crippen LogP contribution in [-0.2, 0) is 22.6 Å². The molecule has 0 saturated carbocycles. The van der Waals surface area contributed by atoms with Gasteiger partial charge in [-0.3, -0.25) is 9.36 Å². The van der Waals surface area contributed by atoms with Crippen molar-refractivity contribution in [3.05, 3.63) is 127 Å². The quantitative estimate of drug-likeness (QED) is 0.147. The first-order valence-electron chi connectivity index (χ1n) is 15.9. The molecule has 2 N–H and O–H groups in total. The zero-order chi connectivity index (χ0) is 32.7. The number of amides is 1. The van der Waals surface area contributed by atoms with Gasteiger partial charge in [0.25, 0.3) is 0 Å². The largest absolute Gasteiger partial charge is 0.378 e. The summed E-state index contributed by atoms with van der Waals surface area (Å²) in [7, 11) is 0. The van der Waals surface area contributed by atoms with Gasteiger partial charge in [-0.05, 0) is 53.6 Å². The van der Waals surface area contributed by atoms with Crippen LogP contribution >= 0.6 is 11.6 Å². The van der Waals surface area contributed by atoms with Gasteiger partial charge in [0, 0.05) is 43.2 Å². The number of imidazole rings is 1. The van der Waals surface area contributed by atoms with Crippen LogP contribution in [0.3, 0.4) is 0 Å². The monoisotopic (exact) mass is 658 g/mol. The Morgan fingerprint density at radius 3 is 2.15 bits per heavy atom. The van der Waals surface area contributed by atoms with E-state index in [-0.39, 0.29) is 11.8 Å². The van der Waals surface area contributed by atoms with Crippen molar-refractivity contribution in [1.29, 1.82) is 0 Å². The predicted molar refractivity (Wildman–Crippen MR) is 192 cm³/mol. The Morgan fingerprint density at radius 2 is 1.48 bits per heavy atom. The van der Waals surface area contributed by atoms with Crippen LogP contribution < -0.4 is 20.4 Å². The van der Waals surface area contributed by atoms with Crippen LogP contribution in [0, 0.1) is 0 Å². The smallest absolute Gasteiger partial charge is 0.239 e. The van der Waals surface area contributed by atoms with Crippen molar-refractivity contribution < 1.29 is 9.53 Å². The summed E-state index contributed by atoms with van der Waals surface area (Å²) in [5.41, 5.74) is 7.01. The fourth-order valence-corrected chi connectivity index (χ4v) is 5.86. The van der Waals surface area contributed by atoms with Crippen LogP contribution in [0.15, 0.2) is 116 Å². The minimum absolute atomic E-state index is 0.129. The zero-order valence-electron chi connectivity index (χ0n) is 26.3. The number of anilines is 5. The minimum atomic E-state index is -0.280. The summed E-state index contributed by atoms with van der Waals surface area (Å²) in [6.45, 7) is 4.43. The van der Waals surface area contributed by atoms with E-state index in [1.807, 2.05) is 77.4 Å². The number of aromatic nitrogens is 4. The van der Waals surface area contributed by atoms with Crippen LogP contribution in [0.25, 0.3) is 16.9 Å². The normalized spacial score (nSPS) is 13.0. The van der Waals surface area contributed by atoms with Gasteiger partial charge in [0.05, 0.1) is 18.9 Å². The molecule has 6 aromatic rings. The average molecular weight is 659 g/mol. The second-order valence-corrected chi connectivity index (χ2v) is 11.8. The Balaban J connectivity index is 1.31. The van der Waals surface area contributed by atoms with Crippen LogP contribution in [0.1, 0.15) is 11.1 Å². The summed E-state index contributed by atoms with van der Waals surface area (Å²) in [5, 5.41) is 6.29. The molecule has 11 heteroatoms. The SMILES string of the molecule is O=C(CCl)Nc1cccc(-n2cnc3c(N(Cc4ccccc4)Cc4ccccc4)nc(Nc4ccc(N5CCOCC5)cc4)nc32)c1. The lowest BCUT2D eigenvalue weighted by atomic mass is 10.1. The molecule has 1 fully saturated rings. The molecule has 0 spiro atoms. The standard InChI is InChI=1S/C37H35ClN8O2/c38-23-33(47)40-30-12-7-13-32(22-30)46-26-39-34-35(45(24-27-8-3-1-4-9-27)25-28-10-5-2-6-11-28)42-37(43-36(34)46)41-29-14-16-31(17-15-29)44-18-20-48-21-19-44/h1-17,22,26H,18-21,23-25H2,(H,40,47)(H,41,42,43). The van der Waals surface area contributed by atoms with Crippen molar-refractivity contribution in [3.63, 3.8) is 0 Å². The van der Waals surface area contributed by atoms with Crippen LogP contribution in [0.5, 0.6) is 0 Å². The van der Waals surface area contributed by atoms with E-state index in [4.69, 9.17) is 31.3 Å². The molecule has 0 unspecified atom stereocenters. The molecule has 0 bridgehead atoms. The molecule has 1 amide bonds. The fraction of sp³-hybridized carbons (Fsp3) is 0.189. The number of ether oxygens (including phenoxy) is 1. The molecule has 48 heavy (non-hydrogen) atoms. The van der Waals surface area contributed by atoms with Gasteiger partial charge >= 0.3 is 0 Å². The van der Waals surface area contributed by atoms with Crippen molar-refractivity contribution in [3.8, 4) is 5.69 Å². The van der Waals surface area contributed by atoms with Gasteiger partial charge in [0.2, 0.25) is 11.9 Å². The highest BCUT2D eigenvalue weighted by atomic mass is 35.5. The predicted octanol–water partition coefficient (Wildman–Crippen LogP) is 6.78. The van der Waals surface area contributed by atoms with Gasteiger partial charge in [0.15, 0.2) is 17.0 Å². The number of hydrogen-bond donors (Lipinski definition) is 2. The van der Waals surface area contributed by atoms with Crippen LogP contribution in [0.4, 0.5) is 28.8 Å². The van der Waals surface area contributed by atoms with Crippen LogP contribution in [-0.4, -0.2) is 57.6 Å². The maximum absolute atomic E-state index is 12.0. The van der Waals surface area contributed by atoms with E-state index in [1.165, 1.54) is 0 Å². The van der Waals surface area contributed by atoms with Gasteiger partial charge in [-0.25, -0.2) is 4.98 Å². The molecule has 2 aromatic heterocycles. The Labute approximate surface area is 284 Å². The highest BCUT2D eigenvalue weighted by molar-refractivity contribution is 6.29. The van der Waals surface area contributed by atoms with E-state index in [9.17, 15) is 4.79 Å². The highest BCUT2D eigenvalue weighted by Crippen LogP contribution is 2.31. The molecule has 10 nitrogen and oxygen atoms in total. The van der Waals surface area contributed by atoms with E-state index in [1.54, 1.807) is 6.33 Å². The number of fused-ring (bicyclic) bond motifs is 1. The number of nitrogens with zero attached hydrogens (tertiary/aromatic N) is 6. The number of carbonyl (C=O) groups excluding carboxylic acids is 1. The first-order valence-corrected chi connectivity index (χ1v) is 16.4. The molecule has 1 saturated heterocycles. The minimum Gasteiger partial charge on any atom is -0.378 e. The number of hydrogen-bond acceptors (Lipinski definition) is 8. The number of rotatable bonds is 11. The number of halogens is 1. The van der Waals surface area contributed by atoms with E-state index < -0.39 is 0 Å². The summed E-state index contributed by atoms with van der Waals surface area (Å²) >= 11 is 5.75. The summed E-state index contributed by atoms with van der Waals surface area (Å²) < 4.78 is 7.43. The third kappa shape index (κ3) is 7.25. The second-order valence-electron chi connectivity index (χ2n) is 11.5. The average Bonchev–Trinajstić information content (AvgIpc) is 3.57. The highest BCUT2D eigenvalue weighted by Gasteiger charge is 2.21. The Kier molecular flexibility index (Phi) is 9.44. The molecule has 1 aliphatic heterocycles. The molecule has 242 valence electrons. The lowest BCUT2D eigenvalue weighted by Gasteiger charge is -2.29. The number of alkyl halides is 1. The van der Waals surface area contributed by atoms with Gasteiger partial charge in [0.1, 0.15) is 12.2 Å². The van der Waals surface area contributed by atoms with E-state index in [0.717, 1.165) is 54.5 Å². The van der Waals surface area contributed by atoms with E-state index in [2.05, 4.69) is 56.8 Å². The first-order chi connectivity index (χ1) is 23.6. The number of nitrogens with one attached hydrogen (secondary N) is 2. The molecule has 3 heterocycles. The Bertz CT molecular complexity index is 1940. The third-order valence-corrected chi connectivity index (χ3v) is 8.38. The van der Waals surface area contributed by atoms with Crippen molar-refractivity contribution in [2.24, 2.45) is 0 Å². The first kappa shape index (κ1) is 31.2. The lowest BCUT2D eigenvalue weighted by molar-refractivity contribution is -0.113. The summed E-state index contributed by atoms with van der Waals surface area (Å²) in [5.74, 6) is 0.731. The maximum atomic E-state index is 12.0. The van der Waals surface area contributed by atoms with Gasteiger partial charge in [-0.1, -0.05) is 66.7 Å². The fourth-order valence-electron chi connectivity index (χ4n) is 5.80. The Morgan fingerprint density at radius 1 is 0.792 bits per heavy atom. The molecular formula is C37H35ClN8O2. The number of morpholine rings is 1. The van der Waals surface area contributed by atoms with Gasteiger partial charge in [-0.2, -0.15) is 9.97 Å². The van der Waals surface area contributed by atoms with Crippen molar-refractivity contribution in [2.75, 3.05) is 52.6 Å². The summed E-state index contributed by atoms with van der Waals surface area (Å²) in [4.78, 5) is 31.6. The molecule has 7 rings (SSSR count). The van der Waals surface area contributed by atoms with Crippen molar-refractivity contribution in [1.82, 2.24) is 19.5 Å². The maximum Gasteiger partial charge on any atom is 0.239 e. The molecular weight excluding hydrogens is 624 g/mol. The van der Waals surface area contributed by atoms with E-state index in [0.29, 0.717) is 41.7 Å². The number of carbonyl (C=O) groups is 1. The molecule has 4 aromatic carbocycles. The summed E-state index contributed by atoms with van der Waals surface area (Å²) in [6, 6.07) is 36.5. The summed E-state index contributed by atoms with van der Waals surface area (Å²) in [6.07, 6.45) is 1.75. The second kappa shape index (κ2) is 14.5. The van der Waals surface area contributed by atoms with Gasteiger partial charge in [-0.15, -0.1) is 11.6 Å². The molecule has 0 aliphatic carbocycles. The van der Waals surface area contributed by atoms with Gasteiger partial charge < -0.3 is 25.2 Å². The third-order valence-electron chi connectivity index (χ3n) is 8.14. The topological polar surface area (TPSA) is 100 Å².